The fourth-order valence-electron chi connectivity index (χ4n) is 3.03. The minimum absolute atomic E-state index is 0.314. The van der Waals surface area contributed by atoms with Crippen molar-refractivity contribution in [1.82, 2.24) is 9.88 Å². The molecule has 1 aliphatic heterocycles. The number of primary amides is 1. The van der Waals surface area contributed by atoms with Crippen molar-refractivity contribution in [1.29, 1.82) is 0 Å². The molecule has 1 aliphatic rings. The van der Waals surface area contributed by atoms with Gasteiger partial charge in [-0.3, -0.25) is 14.7 Å². The Morgan fingerprint density at radius 3 is 2.52 bits per heavy atom. The van der Waals surface area contributed by atoms with Crippen LogP contribution in [-0.2, 0) is 6.54 Å². The Kier molecular flexibility index (Phi) is 5.50. The van der Waals surface area contributed by atoms with Crippen molar-refractivity contribution in [3.63, 3.8) is 0 Å². The summed E-state index contributed by atoms with van der Waals surface area (Å²) < 4.78 is 5.48. The van der Waals surface area contributed by atoms with Crippen LogP contribution in [0.1, 0.15) is 23.0 Å². The van der Waals surface area contributed by atoms with Gasteiger partial charge >= 0.3 is 0 Å². The van der Waals surface area contributed by atoms with Crippen LogP contribution in [0.5, 0.6) is 5.75 Å². The van der Waals surface area contributed by atoms with Crippen molar-refractivity contribution in [2.24, 2.45) is 5.73 Å². The molecule has 0 aliphatic carbocycles. The van der Waals surface area contributed by atoms with E-state index in [2.05, 4.69) is 26.9 Å². The highest BCUT2D eigenvalue weighted by Crippen LogP contribution is 2.19. The Labute approximate surface area is 148 Å². The molecule has 0 atom stereocenters. The second-order valence-corrected chi connectivity index (χ2v) is 6.10. The number of carbonyl (C=O) groups is 1. The lowest BCUT2D eigenvalue weighted by Crippen LogP contribution is -2.46. The first-order valence-corrected chi connectivity index (χ1v) is 8.60. The number of benzene rings is 1. The molecule has 1 aromatic heterocycles. The molecule has 6 nitrogen and oxygen atoms in total. The van der Waals surface area contributed by atoms with E-state index < -0.39 is 5.91 Å². The Morgan fingerprint density at radius 1 is 1.16 bits per heavy atom. The van der Waals surface area contributed by atoms with Crippen molar-refractivity contribution in [3.05, 3.63) is 53.9 Å². The van der Waals surface area contributed by atoms with Gasteiger partial charge in [-0.1, -0.05) is 12.1 Å². The molecule has 1 saturated heterocycles. The standard InChI is InChI=1S/C19H24N4O2/c1-2-25-17-5-3-15(4-6-17)14-22-9-11-23(12-10-22)16-7-8-21-18(13-16)19(20)24/h3-8,13H,2,9-12,14H2,1H3,(H2,20,24). The quantitative estimate of drug-likeness (QED) is 0.870. The van der Waals surface area contributed by atoms with Crippen LogP contribution in [0.3, 0.4) is 0 Å². The topological polar surface area (TPSA) is 71.7 Å². The largest absolute Gasteiger partial charge is 0.494 e. The van der Waals surface area contributed by atoms with Gasteiger partial charge in [-0.25, -0.2) is 0 Å². The van der Waals surface area contributed by atoms with E-state index in [1.807, 2.05) is 25.1 Å². The summed E-state index contributed by atoms with van der Waals surface area (Å²) in [6.07, 6.45) is 1.64. The third kappa shape index (κ3) is 4.48. The number of nitrogens with two attached hydrogens (primary N) is 1. The number of pyridine rings is 1. The third-order valence-electron chi connectivity index (χ3n) is 4.37. The van der Waals surface area contributed by atoms with Crippen LogP contribution in [0, 0.1) is 0 Å². The predicted molar refractivity (Wildman–Crippen MR) is 97.9 cm³/mol. The lowest BCUT2D eigenvalue weighted by atomic mass is 10.2. The first-order valence-electron chi connectivity index (χ1n) is 8.60. The molecule has 0 saturated carbocycles. The van der Waals surface area contributed by atoms with Crippen molar-refractivity contribution in [2.45, 2.75) is 13.5 Å². The molecule has 6 heteroatoms. The van der Waals surface area contributed by atoms with Gasteiger partial charge in [0, 0.05) is 44.6 Å². The molecular weight excluding hydrogens is 316 g/mol. The summed E-state index contributed by atoms with van der Waals surface area (Å²) >= 11 is 0. The summed E-state index contributed by atoms with van der Waals surface area (Å²) in [6.45, 7) is 7.39. The Bertz CT molecular complexity index is 710. The van der Waals surface area contributed by atoms with Gasteiger partial charge in [-0.05, 0) is 36.8 Å². The van der Waals surface area contributed by atoms with E-state index in [9.17, 15) is 4.79 Å². The van der Waals surface area contributed by atoms with E-state index in [1.54, 1.807) is 12.3 Å². The van der Waals surface area contributed by atoms with Crippen molar-refractivity contribution >= 4 is 11.6 Å². The van der Waals surface area contributed by atoms with Gasteiger partial charge in [-0.2, -0.15) is 0 Å². The second kappa shape index (κ2) is 7.98. The molecule has 1 aromatic carbocycles. The number of nitrogens with zero attached hydrogens (tertiary/aromatic N) is 3. The van der Waals surface area contributed by atoms with Crippen molar-refractivity contribution < 1.29 is 9.53 Å². The number of rotatable bonds is 6. The minimum Gasteiger partial charge on any atom is -0.494 e. The highest BCUT2D eigenvalue weighted by Gasteiger charge is 2.18. The smallest absolute Gasteiger partial charge is 0.267 e. The van der Waals surface area contributed by atoms with Gasteiger partial charge in [0.05, 0.1) is 6.61 Å². The van der Waals surface area contributed by atoms with Crippen LogP contribution in [0.15, 0.2) is 42.6 Å². The number of aromatic nitrogens is 1. The lowest BCUT2D eigenvalue weighted by Gasteiger charge is -2.36. The summed E-state index contributed by atoms with van der Waals surface area (Å²) in [4.78, 5) is 20.0. The SMILES string of the molecule is CCOc1ccc(CN2CCN(c3ccnc(C(N)=O)c3)CC2)cc1. The van der Waals surface area contributed by atoms with E-state index in [0.717, 1.165) is 44.2 Å². The average molecular weight is 340 g/mol. The molecule has 25 heavy (non-hydrogen) atoms. The molecule has 132 valence electrons. The summed E-state index contributed by atoms with van der Waals surface area (Å²) in [5.74, 6) is 0.426. The number of amides is 1. The van der Waals surface area contributed by atoms with Gasteiger partial charge in [0.15, 0.2) is 0 Å². The molecule has 0 radical (unpaired) electrons. The minimum atomic E-state index is -0.490. The number of ether oxygens (including phenoxy) is 1. The van der Waals surface area contributed by atoms with Gasteiger partial charge in [0.25, 0.3) is 5.91 Å². The molecule has 2 N–H and O–H groups in total. The van der Waals surface area contributed by atoms with E-state index in [-0.39, 0.29) is 0 Å². The van der Waals surface area contributed by atoms with Crippen LogP contribution in [0.25, 0.3) is 0 Å². The molecule has 2 aromatic rings. The highest BCUT2D eigenvalue weighted by molar-refractivity contribution is 5.91. The first-order chi connectivity index (χ1) is 12.2. The normalized spacial score (nSPS) is 15.2. The summed E-state index contributed by atoms with van der Waals surface area (Å²) in [5.41, 5.74) is 7.92. The molecule has 2 heterocycles. The maximum atomic E-state index is 11.3. The summed E-state index contributed by atoms with van der Waals surface area (Å²) in [5, 5.41) is 0. The number of piperazine rings is 1. The Balaban J connectivity index is 1.55. The fourth-order valence-corrected chi connectivity index (χ4v) is 3.03. The van der Waals surface area contributed by atoms with Crippen LogP contribution in [0.4, 0.5) is 5.69 Å². The molecule has 0 spiro atoms. The van der Waals surface area contributed by atoms with Crippen molar-refractivity contribution in [2.75, 3.05) is 37.7 Å². The number of anilines is 1. The van der Waals surface area contributed by atoms with Crippen LogP contribution in [0.2, 0.25) is 0 Å². The zero-order chi connectivity index (χ0) is 17.6. The molecule has 1 fully saturated rings. The van der Waals surface area contributed by atoms with Crippen molar-refractivity contribution in [3.8, 4) is 5.75 Å². The van der Waals surface area contributed by atoms with Crippen LogP contribution in [-0.4, -0.2) is 48.6 Å². The van der Waals surface area contributed by atoms with Crippen LogP contribution < -0.4 is 15.4 Å². The van der Waals surface area contributed by atoms with Gasteiger partial charge in [-0.15, -0.1) is 0 Å². The maximum absolute atomic E-state index is 11.3. The van der Waals surface area contributed by atoms with Gasteiger partial charge < -0.3 is 15.4 Å². The predicted octanol–water partition coefficient (Wildman–Crippen LogP) is 1.90. The zero-order valence-corrected chi connectivity index (χ0v) is 14.5. The Hall–Kier alpha value is -2.60. The summed E-state index contributed by atoms with van der Waals surface area (Å²) in [7, 11) is 0. The summed E-state index contributed by atoms with van der Waals surface area (Å²) in [6, 6.07) is 12.0. The van der Waals surface area contributed by atoms with Crippen LogP contribution >= 0.6 is 0 Å². The highest BCUT2D eigenvalue weighted by atomic mass is 16.5. The second-order valence-electron chi connectivity index (χ2n) is 6.10. The number of hydrogen-bond acceptors (Lipinski definition) is 5. The number of carbonyl (C=O) groups excluding carboxylic acids is 1. The first kappa shape index (κ1) is 17.2. The van der Waals surface area contributed by atoms with E-state index in [4.69, 9.17) is 10.5 Å². The molecule has 0 unspecified atom stereocenters. The average Bonchev–Trinajstić information content (AvgIpc) is 2.64. The monoisotopic (exact) mass is 340 g/mol. The fraction of sp³-hybridized carbons (Fsp3) is 0.368. The Morgan fingerprint density at radius 2 is 1.88 bits per heavy atom. The molecule has 3 rings (SSSR count). The zero-order valence-electron chi connectivity index (χ0n) is 14.5. The molecule has 0 bridgehead atoms. The molecular formula is C19H24N4O2. The molecule has 1 amide bonds. The van der Waals surface area contributed by atoms with E-state index in [0.29, 0.717) is 12.3 Å². The van der Waals surface area contributed by atoms with Gasteiger partial charge in [0.1, 0.15) is 11.4 Å². The third-order valence-corrected chi connectivity index (χ3v) is 4.37. The van der Waals surface area contributed by atoms with E-state index >= 15 is 0 Å². The number of hydrogen-bond donors (Lipinski definition) is 1. The maximum Gasteiger partial charge on any atom is 0.267 e. The van der Waals surface area contributed by atoms with Gasteiger partial charge in [0.2, 0.25) is 0 Å². The van der Waals surface area contributed by atoms with E-state index in [1.165, 1.54) is 5.56 Å². The lowest BCUT2D eigenvalue weighted by molar-refractivity contribution is 0.0995.